The van der Waals surface area contributed by atoms with Crippen molar-refractivity contribution in [3.05, 3.63) is 92.3 Å². The number of aromatic nitrogens is 2. The Morgan fingerprint density at radius 2 is 1.71 bits per heavy atom. The fourth-order valence-electron chi connectivity index (χ4n) is 3.07. The van der Waals surface area contributed by atoms with E-state index < -0.39 is 46.2 Å². The van der Waals surface area contributed by atoms with Crippen LogP contribution >= 0.6 is 0 Å². The number of carbonyl (C=O) groups is 2. The second-order valence-corrected chi connectivity index (χ2v) is 7.41. The van der Waals surface area contributed by atoms with E-state index in [1.165, 1.54) is 0 Å². The van der Waals surface area contributed by atoms with Gasteiger partial charge < -0.3 is 15.3 Å². The van der Waals surface area contributed by atoms with Crippen molar-refractivity contribution < 1.29 is 27.9 Å². The number of carboxylic acid groups (broad SMARTS) is 1. The molecule has 1 amide bonds. The van der Waals surface area contributed by atoms with Gasteiger partial charge in [0.05, 0.1) is 11.3 Å². The molecule has 0 saturated heterocycles. The van der Waals surface area contributed by atoms with Crippen molar-refractivity contribution in [2.45, 2.75) is 12.7 Å². The molecule has 1 heterocycles. The number of hydrogen-bond donors (Lipinski definition) is 2. The first kappa shape index (κ1) is 24.3. The second kappa shape index (κ2) is 9.25. The van der Waals surface area contributed by atoms with Crippen molar-refractivity contribution in [1.82, 2.24) is 14.5 Å². The molecular weight excluding hydrogens is 457 g/mol. The fourth-order valence-corrected chi connectivity index (χ4v) is 3.07. The van der Waals surface area contributed by atoms with E-state index in [0.717, 1.165) is 23.9 Å². The quantitative estimate of drug-likeness (QED) is 0.585. The second-order valence-electron chi connectivity index (χ2n) is 7.41. The lowest BCUT2D eigenvalue weighted by Gasteiger charge is -2.14. The average molecular weight is 476 g/mol. The summed E-state index contributed by atoms with van der Waals surface area (Å²) in [7, 11) is 3.70. The molecule has 3 aromatic rings. The van der Waals surface area contributed by atoms with Gasteiger partial charge in [-0.25, -0.2) is 23.5 Å². The highest BCUT2D eigenvalue weighted by Crippen LogP contribution is 2.29. The molecule has 0 bridgehead atoms. The molecule has 9 nitrogen and oxygen atoms in total. The summed E-state index contributed by atoms with van der Waals surface area (Å²) in [5, 5.41) is 11.8. The van der Waals surface area contributed by atoms with Crippen LogP contribution in [0.3, 0.4) is 0 Å². The molecule has 12 heteroatoms. The lowest BCUT2D eigenvalue weighted by atomic mass is 10.2. The van der Waals surface area contributed by atoms with Gasteiger partial charge in [-0.3, -0.25) is 4.79 Å². The maximum atomic E-state index is 13.1. The summed E-state index contributed by atoms with van der Waals surface area (Å²) in [5.74, 6) is -1.76. The van der Waals surface area contributed by atoms with E-state index >= 15 is 0 Å². The molecule has 0 aliphatic heterocycles. The zero-order valence-corrected chi connectivity index (χ0v) is 18.0. The van der Waals surface area contributed by atoms with Gasteiger partial charge in [0.2, 0.25) is 0 Å². The number of rotatable bonds is 5. The van der Waals surface area contributed by atoms with E-state index in [2.05, 4.69) is 5.32 Å². The van der Waals surface area contributed by atoms with Crippen molar-refractivity contribution in [1.29, 1.82) is 0 Å². The smallest absolute Gasteiger partial charge is 0.416 e. The summed E-state index contributed by atoms with van der Waals surface area (Å²) >= 11 is 0. The Hall–Kier alpha value is -4.35. The average Bonchev–Trinajstić information content (AvgIpc) is 2.77. The van der Waals surface area contributed by atoms with Gasteiger partial charge in [-0.2, -0.15) is 13.2 Å². The Morgan fingerprint density at radius 3 is 2.26 bits per heavy atom. The van der Waals surface area contributed by atoms with Gasteiger partial charge >= 0.3 is 23.9 Å². The molecule has 0 aliphatic rings. The number of hydrogen-bond acceptors (Lipinski definition) is 5. The molecular formula is C22H19F3N4O5. The molecule has 0 spiro atoms. The summed E-state index contributed by atoms with van der Waals surface area (Å²) in [5.41, 5.74) is -3.79. The number of anilines is 1. The topological polar surface area (TPSA) is 114 Å². The maximum absolute atomic E-state index is 13.1. The van der Waals surface area contributed by atoms with Gasteiger partial charge in [-0.15, -0.1) is 0 Å². The van der Waals surface area contributed by atoms with E-state index in [1.807, 2.05) is 19.0 Å². The van der Waals surface area contributed by atoms with Gasteiger partial charge in [-0.1, -0.05) is 18.2 Å². The van der Waals surface area contributed by atoms with Crippen LogP contribution in [-0.4, -0.2) is 40.3 Å². The summed E-state index contributed by atoms with van der Waals surface area (Å²) in [4.78, 5) is 51.5. The molecule has 178 valence electrons. The third-order valence-electron chi connectivity index (χ3n) is 4.87. The number of halogens is 3. The third kappa shape index (κ3) is 5.00. The summed E-state index contributed by atoms with van der Waals surface area (Å²) < 4.78 is 39.8. The molecule has 0 unspecified atom stereocenters. The van der Waals surface area contributed by atoms with Crippen LogP contribution in [0, 0.1) is 0 Å². The zero-order chi connectivity index (χ0) is 25.2. The monoisotopic (exact) mass is 476 g/mol. The van der Waals surface area contributed by atoms with Gasteiger partial charge in [0.25, 0.3) is 5.56 Å². The van der Waals surface area contributed by atoms with Gasteiger partial charge in [0, 0.05) is 32.5 Å². The molecule has 34 heavy (non-hydrogen) atoms. The number of aromatic carboxylic acids is 1. The van der Waals surface area contributed by atoms with Crippen molar-refractivity contribution in [2.75, 3.05) is 19.0 Å². The molecule has 0 saturated carbocycles. The Labute approximate surface area is 190 Å². The van der Waals surface area contributed by atoms with Crippen molar-refractivity contribution in [3.8, 4) is 5.69 Å². The largest absolute Gasteiger partial charge is 0.477 e. The molecule has 1 aromatic heterocycles. The van der Waals surface area contributed by atoms with Gasteiger partial charge in [0.15, 0.2) is 0 Å². The maximum Gasteiger partial charge on any atom is 0.416 e. The minimum atomic E-state index is -4.78. The van der Waals surface area contributed by atoms with Crippen LogP contribution in [0.15, 0.2) is 64.3 Å². The van der Waals surface area contributed by atoms with Crippen LogP contribution in [0.4, 0.5) is 23.7 Å². The summed E-state index contributed by atoms with van der Waals surface area (Å²) in [6.07, 6.45) is -4.23. The predicted molar refractivity (Wildman–Crippen MR) is 117 cm³/mol. The Bertz CT molecular complexity index is 1360. The number of carbonyl (C=O) groups excluding carboxylic acids is 1. The number of amides is 1. The first-order valence-corrected chi connectivity index (χ1v) is 9.74. The normalized spacial score (nSPS) is 11.2. The molecule has 0 fully saturated rings. The van der Waals surface area contributed by atoms with Crippen LogP contribution in [0.2, 0.25) is 0 Å². The zero-order valence-electron chi connectivity index (χ0n) is 18.0. The number of carboxylic acids is 1. The molecule has 2 aromatic carbocycles. The van der Waals surface area contributed by atoms with Crippen molar-refractivity contribution >= 4 is 17.7 Å². The standard InChI is InChI=1S/C22H19F3N4O5/c1-27(2)15-8-6-13(7-9-15)11-26-20(33)28-12-17(19(31)32)18(30)29(21(28)34)16-5-3-4-14(10-16)22(23,24)25/h3-10,12H,11H2,1-2H3,(H,26,33)(H,31,32). The molecule has 0 aliphatic carbocycles. The number of nitrogens with zero attached hydrogens (tertiary/aromatic N) is 3. The van der Waals surface area contributed by atoms with Crippen LogP contribution in [-0.2, 0) is 12.7 Å². The van der Waals surface area contributed by atoms with Crippen molar-refractivity contribution in [3.63, 3.8) is 0 Å². The Kier molecular flexibility index (Phi) is 6.61. The highest BCUT2D eigenvalue weighted by molar-refractivity contribution is 5.88. The lowest BCUT2D eigenvalue weighted by Crippen LogP contribution is -2.46. The lowest BCUT2D eigenvalue weighted by molar-refractivity contribution is -0.137. The van der Waals surface area contributed by atoms with Gasteiger partial charge in [0.1, 0.15) is 5.56 Å². The van der Waals surface area contributed by atoms with Crippen LogP contribution in [0.5, 0.6) is 0 Å². The molecule has 0 atom stereocenters. The molecule has 0 radical (unpaired) electrons. The summed E-state index contributed by atoms with van der Waals surface area (Å²) in [6.45, 7) is -0.0376. The Balaban J connectivity index is 2.02. The first-order valence-electron chi connectivity index (χ1n) is 9.74. The minimum absolute atomic E-state index is 0.0376. The highest BCUT2D eigenvalue weighted by Gasteiger charge is 2.31. The number of benzene rings is 2. The van der Waals surface area contributed by atoms with E-state index in [1.54, 1.807) is 24.3 Å². The van der Waals surface area contributed by atoms with Crippen LogP contribution < -0.4 is 21.5 Å². The van der Waals surface area contributed by atoms with E-state index in [4.69, 9.17) is 0 Å². The first-order chi connectivity index (χ1) is 15.9. The minimum Gasteiger partial charge on any atom is -0.477 e. The van der Waals surface area contributed by atoms with Crippen molar-refractivity contribution in [2.24, 2.45) is 0 Å². The Morgan fingerprint density at radius 1 is 1.06 bits per heavy atom. The SMILES string of the molecule is CN(C)c1ccc(CNC(=O)n2cc(C(=O)O)c(=O)n(-c3cccc(C(F)(F)F)c3)c2=O)cc1. The van der Waals surface area contributed by atoms with Gasteiger partial charge in [-0.05, 0) is 35.9 Å². The van der Waals surface area contributed by atoms with E-state index in [0.29, 0.717) is 22.4 Å². The third-order valence-corrected chi connectivity index (χ3v) is 4.87. The van der Waals surface area contributed by atoms with E-state index in [9.17, 15) is 37.5 Å². The van der Waals surface area contributed by atoms with Crippen LogP contribution in [0.25, 0.3) is 5.69 Å². The molecule has 2 N–H and O–H groups in total. The fraction of sp³-hybridized carbons (Fsp3) is 0.182. The molecule has 3 rings (SSSR count). The number of alkyl halides is 3. The van der Waals surface area contributed by atoms with Crippen LogP contribution in [0.1, 0.15) is 21.5 Å². The summed E-state index contributed by atoms with van der Waals surface area (Å²) in [6, 6.07) is 9.21. The van der Waals surface area contributed by atoms with E-state index in [-0.39, 0.29) is 11.1 Å². The number of nitrogens with one attached hydrogen (secondary N) is 1. The highest BCUT2D eigenvalue weighted by atomic mass is 19.4. The predicted octanol–water partition coefficient (Wildman–Crippen LogP) is 2.54.